The summed E-state index contributed by atoms with van der Waals surface area (Å²) >= 11 is 6.77. The maximum Gasteiger partial charge on any atom is 0.257 e. The van der Waals surface area contributed by atoms with Gasteiger partial charge in [-0.2, -0.15) is 0 Å². The number of hydrogen-bond donors (Lipinski definition) is 2. The van der Waals surface area contributed by atoms with E-state index in [0.717, 1.165) is 21.5 Å². The molecule has 3 rings (SSSR count). The zero-order valence-electron chi connectivity index (χ0n) is 14.8. The third-order valence-electron chi connectivity index (χ3n) is 3.82. The molecule has 0 saturated heterocycles. The summed E-state index contributed by atoms with van der Waals surface area (Å²) in [6.45, 7) is 6.57. The van der Waals surface area contributed by atoms with Gasteiger partial charge in [-0.05, 0) is 68.4 Å². The van der Waals surface area contributed by atoms with Gasteiger partial charge in [-0.25, -0.2) is 4.98 Å². The molecule has 2 aromatic carbocycles. The van der Waals surface area contributed by atoms with Gasteiger partial charge in [-0.15, -0.1) is 0 Å². The number of thiazole rings is 1. The van der Waals surface area contributed by atoms with Crippen LogP contribution in [0.25, 0.3) is 10.2 Å². The van der Waals surface area contributed by atoms with E-state index < -0.39 is 0 Å². The number of aromatic nitrogens is 1. The van der Waals surface area contributed by atoms with Crippen molar-refractivity contribution in [1.82, 2.24) is 10.3 Å². The average molecular weight is 386 g/mol. The van der Waals surface area contributed by atoms with Crippen molar-refractivity contribution in [2.24, 2.45) is 0 Å². The Bertz CT molecular complexity index is 926. The molecule has 0 spiro atoms. The minimum Gasteiger partial charge on any atom is -0.494 e. The highest BCUT2D eigenvalue weighted by Crippen LogP contribution is 2.30. The smallest absolute Gasteiger partial charge is 0.257 e. The molecule has 1 heterocycles. The molecule has 7 heteroatoms. The molecule has 0 aliphatic rings. The van der Waals surface area contributed by atoms with Crippen molar-refractivity contribution in [3.63, 3.8) is 0 Å². The molecule has 0 aliphatic heterocycles. The molecule has 5 nitrogen and oxygen atoms in total. The first-order valence-electron chi connectivity index (χ1n) is 8.20. The van der Waals surface area contributed by atoms with E-state index in [1.807, 2.05) is 19.9 Å². The van der Waals surface area contributed by atoms with Crippen molar-refractivity contribution in [3.05, 3.63) is 53.1 Å². The van der Waals surface area contributed by atoms with Crippen molar-refractivity contribution < 1.29 is 9.53 Å². The Morgan fingerprint density at radius 1 is 1.15 bits per heavy atom. The van der Waals surface area contributed by atoms with Gasteiger partial charge in [0.2, 0.25) is 0 Å². The monoisotopic (exact) mass is 385 g/mol. The lowest BCUT2D eigenvalue weighted by atomic mass is 10.1. The average Bonchev–Trinajstić information content (AvgIpc) is 3.04. The summed E-state index contributed by atoms with van der Waals surface area (Å²) in [5, 5.41) is 6.56. The third kappa shape index (κ3) is 4.00. The van der Waals surface area contributed by atoms with Crippen LogP contribution in [-0.2, 0) is 0 Å². The first-order valence-corrected chi connectivity index (χ1v) is 9.42. The molecule has 0 saturated carbocycles. The lowest BCUT2D eigenvalue weighted by Gasteiger charge is -2.08. The van der Waals surface area contributed by atoms with Gasteiger partial charge < -0.3 is 10.1 Å². The number of aryl methyl sites for hydroxylation is 2. The fraction of sp³-hybridized carbons (Fsp3) is 0.211. The highest BCUT2D eigenvalue weighted by Gasteiger charge is 2.12. The Morgan fingerprint density at radius 3 is 2.50 bits per heavy atom. The summed E-state index contributed by atoms with van der Waals surface area (Å²) in [6.07, 6.45) is 0. The second-order valence-electron chi connectivity index (χ2n) is 5.76. The second kappa shape index (κ2) is 7.80. The predicted octanol–water partition coefficient (Wildman–Crippen LogP) is 4.44. The molecule has 0 bridgehead atoms. The molecule has 26 heavy (non-hydrogen) atoms. The Balaban J connectivity index is 1.67. The number of nitrogens with zero attached hydrogens (tertiary/aromatic N) is 1. The molecule has 134 valence electrons. The number of thiocarbonyl (C=S) groups is 1. The van der Waals surface area contributed by atoms with Crippen molar-refractivity contribution in [3.8, 4) is 5.75 Å². The van der Waals surface area contributed by atoms with Crippen LogP contribution in [-0.4, -0.2) is 22.6 Å². The summed E-state index contributed by atoms with van der Waals surface area (Å²) in [5.74, 6) is 0.448. The zero-order valence-corrected chi connectivity index (χ0v) is 16.4. The number of carbonyl (C=O) groups is 1. The number of benzene rings is 2. The number of anilines is 1. The Labute approximate surface area is 161 Å². The van der Waals surface area contributed by atoms with E-state index in [1.54, 1.807) is 24.3 Å². The maximum atomic E-state index is 12.3. The second-order valence-corrected chi connectivity index (χ2v) is 7.17. The third-order valence-corrected chi connectivity index (χ3v) is 5.13. The van der Waals surface area contributed by atoms with Crippen LogP contribution >= 0.6 is 23.6 Å². The molecule has 0 unspecified atom stereocenters. The summed E-state index contributed by atoms with van der Waals surface area (Å²) in [7, 11) is 0. The maximum absolute atomic E-state index is 12.3. The van der Waals surface area contributed by atoms with E-state index in [2.05, 4.69) is 28.6 Å². The summed E-state index contributed by atoms with van der Waals surface area (Å²) in [6, 6.07) is 11.0. The van der Waals surface area contributed by atoms with Crippen molar-refractivity contribution in [1.29, 1.82) is 0 Å². The van der Waals surface area contributed by atoms with Gasteiger partial charge in [0.1, 0.15) is 5.75 Å². The van der Waals surface area contributed by atoms with Crippen LogP contribution in [0.5, 0.6) is 5.75 Å². The Hall–Kier alpha value is -2.51. The van der Waals surface area contributed by atoms with Crippen LogP contribution in [0.1, 0.15) is 28.4 Å². The topological polar surface area (TPSA) is 63.2 Å². The van der Waals surface area contributed by atoms with E-state index in [4.69, 9.17) is 17.0 Å². The summed E-state index contributed by atoms with van der Waals surface area (Å²) in [5.41, 5.74) is 3.74. The molecule has 3 aromatic rings. The number of carbonyl (C=O) groups excluding carboxylic acids is 1. The SMILES string of the molecule is CCOc1ccc(C(=O)NC(=S)Nc2nc3c(C)ccc(C)c3s2)cc1. The van der Waals surface area contributed by atoms with Crippen LogP contribution in [0.15, 0.2) is 36.4 Å². The first kappa shape index (κ1) is 18.3. The van der Waals surface area contributed by atoms with E-state index in [0.29, 0.717) is 17.3 Å². The van der Waals surface area contributed by atoms with Gasteiger partial charge >= 0.3 is 0 Å². The Kier molecular flexibility index (Phi) is 5.49. The highest BCUT2D eigenvalue weighted by molar-refractivity contribution is 7.80. The number of hydrogen-bond acceptors (Lipinski definition) is 5. The fourth-order valence-electron chi connectivity index (χ4n) is 2.49. The summed E-state index contributed by atoms with van der Waals surface area (Å²) in [4.78, 5) is 16.9. The van der Waals surface area contributed by atoms with Crippen LogP contribution in [0.2, 0.25) is 0 Å². The number of nitrogens with one attached hydrogen (secondary N) is 2. The van der Waals surface area contributed by atoms with E-state index in [1.165, 1.54) is 16.9 Å². The molecule has 1 aromatic heterocycles. The lowest BCUT2D eigenvalue weighted by Crippen LogP contribution is -2.34. The van der Waals surface area contributed by atoms with Gasteiger partial charge in [0, 0.05) is 5.56 Å². The lowest BCUT2D eigenvalue weighted by molar-refractivity contribution is 0.0977. The molecule has 1 amide bonds. The minimum atomic E-state index is -0.279. The fourth-order valence-corrected chi connectivity index (χ4v) is 3.76. The van der Waals surface area contributed by atoms with Crippen molar-refractivity contribution in [2.45, 2.75) is 20.8 Å². The van der Waals surface area contributed by atoms with Crippen LogP contribution in [0.4, 0.5) is 5.13 Å². The highest BCUT2D eigenvalue weighted by atomic mass is 32.1. The molecule has 0 atom stereocenters. The molecule has 0 fully saturated rings. The molecule has 2 N–H and O–H groups in total. The summed E-state index contributed by atoms with van der Waals surface area (Å²) < 4.78 is 6.49. The van der Waals surface area contributed by atoms with Crippen molar-refractivity contribution in [2.75, 3.05) is 11.9 Å². The van der Waals surface area contributed by atoms with Crippen molar-refractivity contribution >= 4 is 49.9 Å². The van der Waals surface area contributed by atoms with Gasteiger partial charge in [-0.1, -0.05) is 23.5 Å². The Morgan fingerprint density at radius 2 is 1.85 bits per heavy atom. The van der Waals surface area contributed by atoms with Crippen LogP contribution in [0.3, 0.4) is 0 Å². The van der Waals surface area contributed by atoms with E-state index in [9.17, 15) is 4.79 Å². The molecular formula is C19H19N3O2S2. The number of fused-ring (bicyclic) bond motifs is 1. The van der Waals surface area contributed by atoms with Gasteiger partial charge in [-0.3, -0.25) is 10.1 Å². The first-order chi connectivity index (χ1) is 12.5. The largest absolute Gasteiger partial charge is 0.494 e. The number of amides is 1. The molecular weight excluding hydrogens is 366 g/mol. The van der Waals surface area contributed by atoms with Gasteiger partial charge in [0.05, 0.1) is 16.8 Å². The van der Waals surface area contributed by atoms with Crippen LogP contribution < -0.4 is 15.4 Å². The standard InChI is InChI=1S/C19H19N3O2S2/c1-4-24-14-9-7-13(8-10-14)17(23)21-18(25)22-19-20-15-11(2)5-6-12(3)16(15)26-19/h5-10H,4H2,1-3H3,(H2,20,21,22,23,25). The minimum absolute atomic E-state index is 0.221. The molecule has 0 aliphatic carbocycles. The van der Waals surface area contributed by atoms with Gasteiger partial charge in [0.25, 0.3) is 5.91 Å². The van der Waals surface area contributed by atoms with Gasteiger partial charge in [0.15, 0.2) is 10.2 Å². The zero-order chi connectivity index (χ0) is 18.7. The predicted molar refractivity (Wildman–Crippen MR) is 110 cm³/mol. The quantitative estimate of drug-likeness (QED) is 0.650. The van der Waals surface area contributed by atoms with E-state index >= 15 is 0 Å². The van der Waals surface area contributed by atoms with Crippen LogP contribution in [0, 0.1) is 13.8 Å². The molecule has 0 radical (unpaired) electrons. The normalized spacial score (nSPS) is 10.6. The van der Waals surface area contributed by atoms with E-state index in [-0.39, 0.29) is 11.0 Å². The number of rotatable bonds is 4. The number of ether oxygens (including phenoxy) is 1.